The number of methoxy groups -OCH3 is 1. The summed E-state index contributed by atoms with van der Waals surface area (Å²) < 4.78 is 7.96. The van der Waals surface area contributed by atoms with Crippen molar-refractivity contribution in [1.29, 1.82) is 0 Å². The van der Waals surface area contributed by atoms with Gasteiger partial charge in [0.1, 0.15) is 16.3 Å². The van der Waals surface area contributed by atoms with Crippen LogP contribution in [-0.2, 0) is 0 Å². The van der Waals surface area contributed by atoms with Crippen molar-refractivity contribution >= 4 is 91.9 Å². The first-order valence-electron chi connectivity index (χ1n) is 7.88. The number of rotatable bonds is 5. The smallest absolute Gasteiger partial charge is 0.339 e. The van der Waals surface area contributed by atoms with E-state index in [0.717, 1.165) is 21.4 Å². The van der Waals surface area contributed by atoms with E-state index in [9.17, 15) is 14.7 Å². The zero-order valence-electron chi connectivity index (χ0n) is 14.6. The highest BCUT2D eigenvalue weighted by Crippen LogP contribution is 2.42. The Bertz CT molecular complexity index is 1110. The fourth-order valence-corrected chi connectivity index (χ4v) is 5.62. The molecule has 0 unspecified atom stereocenters. The molecule has 0 bridgehead atoms. The molecule has 0 radical (unpaired) electrons. The summed E-state index contributed by atoms with van der Waals surface area (Å²) in [4.78, 5) is 24.8. The minimum Gasteiger partial charge on any atom is -0.494 e. The number of ether oxygens (including phenoxy) is 1. The molecule has 29 heavy (non-hydrogen) atoms. The monoisotopic (exact) mass is 665 g/mol. The highest BCUT2D eigenvalue weighted by Gasteiger charge is 2.24. The summed E-state index contributed by atoms with van der Waals surface area (Å²) in [6.07, 6.45) is 0. The third-order valence-electron chi connectivity index (χ3n) is 3.95. The maximum Gasteiger partial charge on any atom is 0.339 e. The van der Waals surface area contributed by atoms with Crippen LogP contribution < -0.4 is 10.1 Å². The number of benzene rings is 2. The summed E-state index contributed by atoms with van der Waals surface area (Å²) in [6.45, 7) is 0. The standard InChI is InChI=1S/C19H11Br4NO4S/c1-28-16-14(22)10(6-12(21)15(16)23)17(25)24-18-13(19(26)27)11(7-29-18)8-2-4-9(20)5-3-8/h2-7H,1H3,(H,24,25)(H,26,27). The van der Waals surface area contributed by atoms with Gasteiger partial charge in [-0.3, -0.25) is 4.79 Å². The maximum absolute atomic E-state index is 12.9. The number of carbonyl (C=O) groups excluding carboxylic acids is 1. The highest BCUT2D eigenvalue weighted by atomic mass is 79.9. The van der Waals surface area contributed by atoms with Crippen molar-refractivity contribution in [3.05, 3.63) is 64.7 Å². The predicted molar refractivity (Wildman–Crippen MR) is 128 cm³/mol. The fourth-order valence-electron chi connectivity index (χ4n) is 2.60. The number of amides is 1. The Kier molecular flexibility index (Phi) is 7.21. The van der Waals surface area contributed by atoms with Gasteiger partial charge in [0, 0.05) is 19.9 Å². The Morgan fingerprint density at radius 2 is 1.72 bits per heavy atom. The zero-order valence-corrected chi connectivity index (χ0v) is 21.7. The van der Waals surface area contributed by atoms with Crippen molar-refractivity contribution in [1.82, 2.24) is 0 Å². The van der Waals surface area contributed by atoms with E-state index in [2.05, 4.69) is 69.0 Å². The normalized spacial score (nSPS) is 10.7. The number of hydrogen-bond donors (Lipinski definition) is 2. The van der Waals surface area contributed by atoms with E-state index in [1.54, 1.807) is 11.4 Å². The Labute approximate surface area is 204 Å². The van der Waals surface area contributed by atoms with Crippen molar-refractivity contribution in [2.45, 2.75) is 0 Å². The number of carbonyl (C=O) groups is 2. The molecule has 0 aliphatic heterocycles. The molecule has 5 nitrogen and oxygen atoms in total. The van der Waals surface area contributed by atoms with E-state index in [-0.39, 0.29) is 10.6 Å². The number of halogens is 4. The molecule has 1 amide bonds. The van der Waals surface area contributed by atoms with E-state index < -0.39 is 11.9 Å². The zero-order chi connectivity index (χ0) is 21.3. The van der Waals surface area contributed by atoms with Gasteiger partial charge >= 0.3 is 5.97 Å². The summed E-state index contributed by atoms with van der Waals surface area (Å²) in [5.74, 6) is -1.13. The van der Waals surface area contributed by atoms with Gasteiger partial charge in [-0.2, -0.15) is 0 Å². The molecule has 150 valence electrons. The minimum atomic E-state index is -1.12. The second kappa shape index (κ2) is 9.30. The van der Waals surface area contributed by atoms with Gasteiger partial charge in [0.15, 0.2) is 0 Å². The molecule has 3 rings (SSSR count). The number of carboxylic acid groups (broad SMARTS) is 1. The summed E-state index contributed by atoms with van der Waals surface area (Å²) >= 11 is 14.7. The van der Waals surface area contributed by atoms with Crippen molar-refractivity contribution < 1.29 is 19.4 Å². The van der Waals surface area contributed by atoms with E-state index in [1.807, 2.05) is 24.3 Å². The van der Waals surface area contributed by atoms with E-state index >= 15 is 0 Å². The van der Waals surface area contributed by atoms with Crippen LogP contribution in [0.15, 0.2) is 53.6 Å². The quantitative estimate of drug-likeness (QED) is 0.278. The van der Waals surface area contributed by atoms with Crippen LogP contribution in [0.25, 0.3) is 11.1 Å². The Morgan fingerprint density at radius 3 is 2.31 bits per heavy atom. The largest absolute Gasteiger partial charge is 0.494 e. The molecular weight excluding hydrogens is 658 g/mol. The lowest BCUT2D eigenvalue weighted by atomic mass is 10.0. The van der Waals surface area contributed by atoms with Gasteiger partial charge in [-0.05, 0) is 71.6 Å². The van der Waals surface area contributed by atoms with Crippen LogP contribution in [0.5, 0.6) is 5.75 Å². The highest BCUT2D eigenvalue weighted by molar-refractivity contribution is 9.13. The van der Waals surface area contributed by atoms with Crippen molar-refractivity contribution in [3.63, 3.8) is 0 Å². The molecule has 3 aromatic rings. The molecule has 0 atom stereocenters. The van der Waals surface area contributed by atoms with Crippen LogP contribution in [0, 0.1) is 0 Å². The van der Waals surface area contributed by atoms with Crippen LogP contribution in [0.1, 0.15) is 20.7 Å². The lowest BCUT2D eigenvalue weighted by Crippen LogP contribution is -2.14. The molecular formula is C19H11Br4NO4S. The molecule has 0 spiro atoms. The van der Waals surface area contributed by atoms with E-state index in [4.69, 9.17) is 4.74 Å². The molecule has 0 aliphatic carbocycles. The van der Waals surface area contributed by atoms with Gasteiger partial charge in [0.05, 0.1) is 21.6 Å². The first kappa shape index (κ1) is 22.5. The first-order valence-corrected chi connectivity index (χ1v) is 11.9. The summed E-state index contributed by atoms with van der Waals surface area (Å²) in [6, 6.07) is 8.92. The van der Waals surface area contributed by atoms with Crippen molar-refractivity contribution in [2.75, 3.05) is 12.4 Å². The van der Waals surface area contributed by atoms with E-state index in [1.165, 1.54) is 7.11 Å². The minimum absolute atomic E-state index is 0.0462. The molecule has 0 saturated carbocycles. The van der Waals surface area contributed by atoms with Crippen molar-refractivity contribution in [2.24, 2.45) is 0 Å². The Balaban J connectivity index is 2.01. The summed E-state index contributed by atoms with van der Waals surface area (Å²) in [7, 11) is 1.49. The van der Waals surface area contributed by atoms with Crippen LogP contribution in [0.3, 0.4) is 0 Å². The van der Waals surface area contributed by atoms with Gasteiger partial charge in [-0.1, -0.05) is 28.1 Å². The van der Waals surface area contributed by atoms with Crippen LogP contribution in [0.4, 0.5) is 5.00 Å². The summed E-state index contributed by atoms with van der Waals surface area (Å²) in [5.41, 5.74) is 1.63. The lowest BCUT2D eigenvalue weighted by Gasteiger charge is -2.13. The Morgan fingerprint density at radius 1 is 1.07 bits per heavy atom. The Hall–Kier alpha value is -1.20. The molecule has 0 fully saturated rings. The van der Waals surface area contributed by atoms with Crippen molar-refractivity contribution in [3.8, 4) is 16.9 Å². The molecule has 2 aromatic carbocycles. The SMILES string of the molecule is COc1c(Br)c(Br)cc(C(=O)Nc2scc(-c3ccc(Br)cc3)c2C(=O)O)c1Br. The topological polar surface area (TPSA) is 75.6 Å². The molecule has 10 heteroatoms. The maximum atomic E-state index is 12.9. The number of carboxylic acids is 1. The van der Waals surface area contributed by atoms with Gasteiger partial charge in [-0.25, -0.2) is 4.79 Å². The molecule has 0 aliphatic rings. The predicted octanol–water partition coefficient (Wildman–Crippen LogP) is 7.42. The summed E-state index contributed by atoms with van der Waals surface area (Å²) in [5, 5.41) is 14.4. The van der Waals surface area contributed by atoms with Crippen LogP contribution in [-0.4, -0.2) is 24.1 Å². The average molecular weight is 669 g/mol. The van der Waals surface area contributed by atoms with Gasteiger partial charge in [0.2, 0.25) is 0 Å². The number of aromatic carboxylic acids is 1. The average Bonchev–Trinajstić information content (AvgIpc) is 3.09. The molecule has 1 heterocycles. The second-order valence-electron chi connectivity index (χ2n) is 5.69. The third kappa shape index (κ3) is 4.61. The molecule has 0 saturated heterocycles. The van der Waals surface area contributed by atoms with E-state index in [0.29, 0.717) is 30.3 Å². The third-order valence-corrected chi connectivity index (χ3v) is 8.11. The number of hydrogen-bond acceptors (Lipinski definition) is 4. The number of anilines is 1. The van der Waals surface area contributed by atoms with Gasteiger partial charge in [-0.15, -0.1) is 11.3 Å². The number of nitrogens with one attached hydrogen (secondary N) is 1. The fraction of sp³-hybridized carbons (Fsp3) is 0.0526. The van der Waals surface area contributed by atoms with Crippen LogP contribution >= 0.6 is 75.1 Å². The van der Waals surface area contributed by atoms with Gasteiger partial charge in [0.25, 0.3) is 5.91 Å². The van der Waals surface area contributed by atoms with Crippen LogP contribution in [0.2, 0.25) is 0 Å². The lowest BCUT2D eigenvalue weighted by molar-refractivity contribution is 0.0699. The molecule has 1 aromatic heterocycles. The van der Waals surface area contributed by atoms with Gasteiger partial charge < -0.3 is 15.2 Å². The molecule has 2 N–H and O–H groups in total. The number of thiophene rings is 1. The second-order valence-corrected chi connectivity index (χ2v) is 9.92. The first-order chi connectivity index (χ1) is 13.7.